The zero-order valence-electron chi connectivity index (χ0n) is 10.1. The Morgan fingerprint density at radius 3 is 2.27 bits per heavy atom. The lowest BCUT2D eigenvalue weighted by Gasteiger charge is -2.22. The maximum absolute atomic E-state index is 11.5. The second-order valence-electron chi connectivity index (χ2n) is 4.43. The van der Waals surface area contributed by atoms with E-state index < -0.39 is 5.97 Å². The number of rotatable bonds is 4. The molecule has 0 radical (unpaired) electrons. The number of likely N-dealkylation sites (N-methyl/N-ethyl adjacent to an activating group) is 1. The van der Waals surface area contributed by atoms with E-state index in [0.717, 1.165) is 0 Å². The van der Waals surface area contributed by atoms with Crippen molar-refractivity contribution in [3.63, 3.8) is 0 Å². The third-order valence-corrected chi connectivity index (χ3v) is 1.79. The smallest absolute Gasteiger partial charge is 0.325 e. The Kier molecular flexibility index (Phi) is 5.28. The summed E-state index contributed by atoms with van der Waals surface area (Å²) in [5.74, 6) is -0.545. The molecule has 88 valence electrons. The number of ether oxygens (including phenoxy) is 1. The topological polar surface area (TPSA) is 58.6 Å². The summed E-state index contributed by atoms with van der Waals surface area (Å²) >= 11 is 0. The van der Waals surface area contributed by atoms with Gasteiger partial charge < -0.3 is 15.0 Å². The van der Waals surface area contributed by atoms with Crippen LogP contribution in [-0.2, 0) is 14.3 Å². The Bertz CT molecular complexity index is 233. The maximum atomic E-state index is 11.5. The molecular formula is C10H20N2O3. The molecule has 5 nitrogen and oxygen atoms in total. The van der Waals surface area contributed by atoms with Gasteiger partial charge in [0.2, 0.25) is 5.91 Å². The number of carbonyl (C=O) groups is 2. The van der Waals surface area contributed by atoms with Gasteiger partial charge in [0.25, 0.3) is 0 Å². The van der Waals surface area contributed by atoms with Crippen molar-refractivity contribution in [1.29, 1.82) is 0 Å². The Balaban J connectivity index is 3.95. The average Bonchev–Trinajstić information content (AvgIpc) is 2.12. The monoisotopic (exact) mass is 216 g/mol. The summed E-state index contributed by atoms with van der Waals surface area (Å²) in [7, 11) is 2.87. The lowest BCUT2D eigenvalue weighted by Crippen LogP contribution is -2.45. The van der Waals surface area contributed by atoms with Crippen LogP contribution in [0.5, 0.6) is 0 Å². The Morgan fingerprint density at radius 1 is 1.33 bits per heavy atom. The van der Waals surface area contributed by atoms with Crippen LogP contribution in [0, 0.1) is 0 Å². The minimum Gasteiger partial charge on any atom is -0.468 e. The molecule has 0 heterocycles. The van der Waals surface area contributed by atoms with Crippen LogP contribution < -0.4 is 5.32 Å². The Hall–Kier alpha value is -1.10. The summed E-state index contributed by atoms with van der Waals surface area (Å²) in [6, 6.07) is 0. The number of nitrogens with one attached hydrogen (secondary N) is 1. The molecule has 0 fully saturated rings. The van der Waals surface area contributed by atoms with Gasteiger partial charge in [-0.3, -0.25) is 9.59 Å². The van der Waals surface area contributed by atoms with Crippen molar-refractivity contribution in [2.45, 2.75) is 26.3 Å². The van der Waals surface area contributed by atoms with Crippen LogP contribution >= 0.6 is 0 Å². The molecule has 0 aromatic carbocycles. The molecule has 1 amide bonds. The van der Waals surface area contributed by atoms with Gasteiger partial charge in [-0.15, -0.1) is 0 Å². The fraction of sp³-hybridized carbons (Fsp3) is 0.800. The molecule has 0 aromatic rings. The van der Waals surface area contributed by atoms with E-state index in [9.17, 15) is 9.59 Å². The predicted octanol–water partition coefficient (Wildman–Crippen LogP) is 0.00590. The van der Waals surface area contributed by atoms with Crippen molar-refractivity contribution in [3.8, 4) is 0 Å². The number of hydrogen-bond donors (Lipinski definition) is 1. The first-order valence-electron chi connectivity index (χ1n) is 4.82. The van der Waals surface area contributed by atoms with E-state index in [1.54, 1.807) is 7.05 Å². The number of hydrogen-bond acceptors (Lipinski definition) is 4. The number of esters is 1. The van der Waals surface area contributed by atoms with Crippen LogP contribution in [0.3, 0.4) is 0 Å². The predicted molar refractivity (Wildman–Crippen MR) is 57.4 cm³/mol. The van der Waals surface area contributed by atoms with E-state index in [4.69, 9.17) is 0 Å². The minimum atomic E-state index is -0.415. The number of methoxy groups -OCH3 is 1. The van der Waals surface area contributed by atoms with E-state index in [1.807, 2.05) is 20.8 Å². The third kappa shape index (κ3) is 6.90. The SMILES string of the molecule is COC(=O)CN(C)C(=O)CNC(C)(C)C. The van der Waals surface area contributed by atoms with Gasteiger partial charge in [-0.1, -0.05) is 0 Å². The molecule has 0 aliphatic carbocycles. The summed E-state index contributed by atoms with van der Waals surface area (Å²) in [5, 5.41) is 3.05. The van der Waals surface area contributed by atoms with E-state index in [-0.39, 0.29) is 24.5 Å². The molecule has 0 atom stereocenters. The first-order chi connectivity index (χ1) is 6.76. The molecule has 0 spiro atoms. The standard InChI is InChI=1S/C10H20N2O3/c1-10(2,3)11-6-8(13)12(4)7-9(14)15-5/h11H,6-7H2,1-5H3. The molecule has 0 aliphatic heterocycles. The number of nitrogens with zero attached hydrogens (tertiary/aromatic N) is 1. The second-order valence-corrected chi connectivity index (χ2v) is 4.43. The van der Waals surface area contributed by atoms with Gasteiger partial charge in [0.05, 0.1) is 13.7 Å². The Morgan fingerprint density at radius 2 is 1.87 bits per heavy atom. The van der Waals surface area contributed by atoms with Gasteiger partial charge in [-0.05, 0) is 20.8 Å². The zero-order chi connectivity index (χ0) is 12.1. The number of carbonyl (C=O) groups excluding carboxylic acids is 2. The first-order valence-corrected chi connectivity index (χ1v) is 4.82. The summed E-state index contributed by atoms with van der Waals surface area (Å²) in [6.07, 6.45) is 0. The number of amides is 1. The van der Waals surface area contributed by atoms with Crippen LogP contribution in [0.15, 0.2) is 0 Å². The summed E-state index contributed by atoms with van der Waals surface area (Å²) < 4.78 is 4.46. The van der Waals surface area contributed by atoms with Crippen LogP contribution in [0.1, 0.15) is 20.8 Å². The van der Waals surface area contributed by atoms with Gasteiger partial charge in [-0.25, -0.2) is 0 Å². The van der Waals surface area contributed by atoms with Crippen LogP contribution in [-0.4, -0.2) is 49.6 Å². The lowest BCUT2D eigenvalue weighted by atomic mass is 10.1. The minimum absolute atomic E-state index is 0.0127. The summed E-state index contributed by atoms with van der Waals surface area (Å²) in [4.78, 5) is 23.7. The largest absolute Gasteiger partial charge is 0.468 e. The molecular weight excluding hydrogens is 196 g/mol. The van der Waals surface area contributed by atoms with Crippen molar-refractivity contribution in [2.24, 2.45) is 0 Å². The van der Waals surface area contributed by atoms with E-state index in [2.05, 4.69) is 10.1 Å². The van der Waals surface area contributed by atoms with Crippen molar-refractivity contribution in [3.05, 3.63) is 0 Å². The average molecular weight is 216 g/mol. The van der Waals surface area contributed by atoms with E-state index in [0.29, 0.717) is 0 Å². The fourth-order valence-corrected chi connectivity index (χ4v) is 0.822. The van der Waals surface area contributed by atoms with Crippen LogP contribution in [0.2, 0.25) is 0 Å². The highest BCUT2D eigenvalue weighted by molar-refractivity contribution is 5.83. The molecule has 0 unspecified atom stereocenters. The molecule has 1 N–H and O–H groups in total. The quantitative estimate of drug-likeness (QED) is 0.672. The van der Waals surface area contributed by atoms with Gasteiger partial charge >= 0.3 is 5.97 Å². The van der Waals surface area contributed by atoms with Gasteiger partial charge in [0.15, 0.2) is 0 Å². The third-order valence-electron chi connectivity index (χ3n) is 1.79. The summed E-state index contributed by atoms with van der Waals surface area (Å²) in [5.41, 5.74) is -0.109. The van der Waals surface area contributed by atoms with Crippen LogP contribution in [0.4, 0.5) is 0 Å². The van der Waals surface area contributed by atoms with Crippen molar-refractivity contribution in [1.82, 2.24) is 10.2 Å². The molecule has 0 aliphatic rings. The van der Waals surface area contributed by atoms with Gasteiger partial charge in [0, 0.05) is 12.6 Å². The Labute approximate surface area is 90.8 Å². The van der Waals surface area contributed by atoms with E-state index in [1.165, 1.54) is 12.0 Å². The van der Waals surface area contributed by atoms with Crippen molar-refractivity contribution >= 4 is 11.9 Å². The zero-order valence-corrected chi connectivity index (χ0v) is 10.1. The fourth-order valence-electron chi connectivity index (χ4n) is 0.822. The highest BCUT2D eigenvalue weighted by Crippen LogP contribution is 1.97. The van der Waals surface area contributed by atoms with E-state index >= 15 is 0 Å². The second kappa shape index (κ2) is 5.70. The molecule has 0 bridgehead atoms. The molecule has 5 heteroatoms. The highest BCUT2D eigenvalue weighted by Gasteiger charge is 2.16. The van der Waals surface area contributed by atoms with Crippen LogP contribution in [0.25, 0.3) is 0 Å². The van der Waals surface area contributed by atoms with Crippen molar-refractivity contribution in [2.75, 3.05) is 27.2 Å². The highest BCUT2D eigenvalue weighted by atomic mass is 16.5. The molecule has 0 aromatic heterocycles. The van der Waals surface area contributed by atoms with Gasteiger partial charge in [0.1, 0.15) is 6.54 Å². The molecule has 0 saturated carbocycles. The normalized spacial score (nSPS) is 11.0. The first kappa shape index (κ1) is 13.9. The summed E-state index contributed by atoms with van der Waals surface area (Å²) in [6.45, 7) is 6.12. The molecule has 15 heavy (non-hydrogen) atoms. The lowest BCUT2D eigenvalue weighted by molar-refractivity contribution is -0.145. The maximum Gasteiger partial charge on any atom is 0.325 e. The molecule has 0 saturated heterocycles. The van der Waals surface area contributed by atoms with Crippen molar-refractivity contribution < 1.29 is 14.3 Å². The van der Waals surface area contributed by atoms with Gasteiger partial charge in [-0.2, -0.15) is 0 Å². The molecule has 0 rings (SSSR count).